The predicted octanol–water partition coefficient (Wildman–Crippen LogP) is 2.65. The van der Waals surface area contributed by atoms with E-state index < -0.39 is 6.10 Å². The Morgan fingerprint density at radius 1 is 1.24 bits per heavy atom. The summed E-state index contributed by atoms with van der Waals surface area (Å²) in [5, 5.41) is 17.2. The minimum atomic E-state index is -0.515. The summed E-state index contributed by atoms with van der Waals surface area (Å²) in [6, 6.07) is 13.6. The van der Waals surface area contributed by atoms with Crippen LogP contribution in [0.1, 0.15) is 55.0 Å². The van der Waals surface area contributed by atoms with Crippen molar-refractivity contribution in [2.45, 2.75) is 50.7 Å². The number of fused-ring (bicyclic) bond motifs is 1. The Morgan fingerprint density at radius 3 is 2.79 bits per heavy atom. The fourth-order valence-electron chi connectivity index (χ4n) is 4.61. The highest BCUT2D eigenvalue weighted by Gasteiger charge is 2.30. The van der Waals surface area contributed by atoms with Gasteiger partial charge in [-0.3, -0.25) is 14.7 Å². The lowest BCUT2D eigenvalue weighted by Crippen LogP contribution is -2.37. The maximum atomic E-state index is 11.7. The molecule has 8 nitrogen and oxygen atoms in total. The fourth-order valence-corrected chi connectivity index (χ4v) is 4.61. The minimum absolute atomic E-state index is 0.0293. The molecule has 4 rings (SSSR count). The summed E-state index contributed by atoms with van der Waals surface area (Å²) in [6.07, 6.45) is 4.20. The molecule has 0 bridgehead atoms. The van der Waals surface area contributed by atoms with E-state index in [0.29, 0.717) is 36.8 Å². The third kappa shape index (κ3) is 5.64. The number of nitrogens with two attached hydrogens (primary N) is 1. The maximum absolute atomic E-state index is 11.7. The summed E-state index contributed by atoms with van der Waals surface area (Å²) in [5.74, 6) is 6.60. The van der Waals surface area contributed by atoms with E-state index in [-0.39, 0.29) is 11.9 Å². The van der Waals surface area contributed by atoms with Gasteiger partial charge < -0.3 is 16.3 Å². The smallest absolute Gasteiger partial charge is 0.225 e. The van der Waals surface area contributed by atoms with Gasteiger partial charge in [-0.2, -0.15) is 5.10 Å². The van der Waals surface area contributed by atoms with Crippen LogP contribution in [-0.4, -0.2) is 58.6 Å². The lowest BCUT2D eigenvalue weighted by Gasteiger charge is -2.31. The van der Waals surface area contributed by atoms with E-state index in [1.807, 2.05) is 49.4 Å². The van der Waals surface area contributed by atoms with E-state index in [4.69, 9.17) is 5.84 Å². The molecule has 0 spiro atoms. The number of hydrogen-bond acceptors (Lipinski definition) is 7. The summed E-state index contributed by atoms with van der Waals surface area (Å²) >= 11 is 0. The van der Waals surface area contributed by atoms with Gasteiger partial charge in [0.2, 0.25) is 5.91 Å². The maximum Gasteiger partial charge on any atom is 0.225 e. The van der Waals surface area contributed by atoms with Gasteiger partial charge in [-0.05, 0) is 49.2 Å². The van der Waals surface area contributed by atoms with Crippen molar-refractivity contribution in [2.75, 3.05) is 25.0 Å². The number of hydrogen-bond donors (Lipinski definition) is 3. The largest absolute Gasteiger partial charge is 0.390 e. The van der Waals surface area contributed by atoms with Crippen molar-refractivity contribution in [3.8, 4) is 0 Å². The molecule has 1 fully saturated rings. The van der Waals surface area contributed by atoms with Crippen LogP contribution in [0.5, 0.6) is 0 Å². The molecule has 2 aromatic rings. The number of pyridine rings is 1. The summed E-state index contributed by atoms with van der Waals surface area (Å²) in [5.41, 5.74) is 3.94. The van der Waals surface area contributed by atoms with Gasteiger partial charge in [0, 0.05) is 37.2 Å². The highest BCUT2D eigenvalue weighted by molar-refractivity contribution is 6.31. The topological polar surface area (TPSA) is 116 Å². The number of aliphatic imine (C=N–C) groups is 1. The number of rotatable bonds is 7. The first kappa shape index (κ1) is 23.1. The molecule has 33 heavy (non-hydrogen) atoms. The third-order valence-electron chi connectivity index (χ3n) is 6.47. The van der Waals surface area contributed by atoms with Crippen LogP contribution in [0.15, 0.2) is 52.6 Å². The SMILES string of the molecule is CCC(=O)Nc1cccc(C2CCN(CC(C=N[C@@H]3c4ccccc4C[C@H]3O)=NN)CC2)n1. The molecule has 2 heterocycles. The Morgan fingerprint density at radius 2 is 2.03 bits per heavy atom. The molecule has 0 saturated carbocycles. The first-order chi connectivity index (χ1) is 16.1. The van der Waals surface area contributed by atoms with Crippen molar-refractivity contribution >= 4 is 23.7 Å². The fraction of sp³-hybridized carbons (Fsp3) is 0.440. The molecule has 4 N–H and O–H groups in total. The standard InChI is InChI=1S/C25H32N6O2/c1-2-24(33)29-23-9-5-8-21(28-23)17-10-12-31(13-11-17)16-19(30-26)15-27-25-20-7-4-3-6-18(20)14-22(25)32/h3-9,15,17,22,25,32H,2,10-14,16,26H2,1H3,(H,28,29,33)/t22-,25-/m1/s1. The predicted molar refractivity (Wildman–Crippen MR) is 131 cm³/mol. The van der Waals surface area contributed by atoms with Crippen molar-refractivity contribution in [3.63, 3.8) is 0 Å². The van der Waals surface area contributed by atoms with Crippen molar-refractivity contribution < 1.29 is 9.90 Å². The average molecular weight is 449 g/mol. The Kier molecular flexibility index (Phi) is 7.47. The number of benzene rings is 1. The Bertz CT molecular complexity index is 1030. The van der Waals surface area contributed by atoms with E-state index in [0.717, 1.165) is 42.8 Å². The highest BCUT2D eigenvalue weighted by Crippen LogP contribution is 2.34. The van der Waals surface area contributed by atoms with Gasteiger partial charge >= 0.3 is 0 Å². The second-order valence-electron chi connectivity index (χ2n) is 8.71. The van der Waals surface area contributed by atoms with Crippen LogP contribution < -0.4 is 11.2 Å². The Labute approximate surface area is 194 Å². The molecule has 1 aliphatic heterocycles. The zero-order valence-electron chi connectivity index (χ0n) is 19.0. The van der Waals surface area contributed by atoms with Crippen LogP contribution in [0.4, 0.5) is 5.82 Å². The number of nitrogens with zero attached hydrogens (tertiary/aromatic N) is 4. The number of aromatic nitrogens is 1. The van der Waals surface area contributed by atoms with E-state index in [2.05, 4.69) is 25.3 Å². The summed E-state index contributed by atoms with van der Waals surface area (Å²) in [4.78, 5) is 23.2. The molecule has 2 atom stereocenters. The number of carbonyl (C=O) groups is 1. The second-order valence-corrected chi connectivity index (χ2v) is 8.71. The molecule has 174 valence electrons. The van der Waals surface area contributed by atoms with Crippen LogP contribution in [0, 0.1) is 0 Å². The number of likely N-dealkylation sites (tertiary alicyclic amines) is 1. The number of piperidine rings is 1. The second kappa shape index (κ2) is 10.7. The highest BCUT2D eigenvalue weighted by atomic mass is 16.3. The number of carbonyl (C=O) groups excluding carboxylic acids is 1. The van der Waals surface area contributed by atoms with Crippen molar-refractivity contribution in [3.05, 3.63) is 59.3 Å². The van der Waals surface area contributed by atoms with Gasteiger partial charge in [-0.15, -0.1) is 0 Å². The van der Waals surface area contributed by atoms with Gasteiger partial charge in [-0.25, -0.2) is 4.98 Å². The van der Waals surface area contributed by atoms with Gasteiger partial charge in [-0.1, -0.05) is 37.3 Å². The molecule has 8 heteroatoms. The zero-order valence-corrected chi connectivity index (χ0v) is 19.0. The van der Waals surface area contributed by atoms with Crippen LogP contribution in [-0.2, 0) is 11.2 Å². The number of amides is 1. The van der Waals surface area contributed by atoms with Gasteiger partial charge in [0.05, 0.1) is 11.8 Å². The van der Waals surface area contributed by atoms with Crippen LogP contribution in [0.3, 0.4) is 0 Å². The Hall–Kier alpha value is -3.10. The average Bonchev–Trinajstić information content (AvgIpc) is 3.17. The van der Waals surface area contributed by atoms with E-state index in [1.165, 1.54) is 0 Å². The molecular formula is C25H32N6O2. The first-order valence-corrected chi connectivity index (χ1v) is 11.6. The molecule has 1 amide bonds. The number of hydrazone groups is 1. The summed E-state index contributed by atoms with van der Waals surface area (Å²) < 4.78 is 0. The van der Waals surface area contributed by atoms with Crippen LogP contribution in [0.2, 0.25) is 0 Å². The van der Waals surface area contributed by atoms with Crippen molar-refractivity contribution in [1.82, 2.24) is 9.88 Å². The van der Waals surface area contributed by atoms with Gasteiger partial charge in [0.25, 0.3) is 0 Å². The lowest BCUT2D eigenvalue weighted by atomic mass is 9.93. The normalized spacial score (nSPS) is 21.9. The van der Waals surface area contributed by atoms with E-state index in [1.54, 1.807) is 6.21 Å². The monoisotopic (exact) mass is 448 g/mol. The quantitative estimate of drug-likeness (QED) is 0.342. The summed E-state index contributed by atoms with van der Waals surface area (Å²) in [6.45, 7) is 4.25. The lowest BCUT2D eigenvalue weighted by molar-refractivity contribution is -0.115. The molecule has 2 aliphatic rings. The number of anilines is 1. The third-order valence-corrected chi connectivity index (χ3v) is 6.47. The van der Waals surface area contributed by atoms with Crippen molar-refractivity contribution in [2.24, 2.45) is 15.9 Å². The molecule has 1 aromatic heterocycles. The zero-order chi connectivity index (χ0) is 23.2. The molecular weight excluding hydrogens is 416 g/mol. The Balaban J connectivity index is 1.32. The van der Waals surface area contributed by atoms with Crippen LogP contribution in [0.25, 0.3) is 0 Å². The van der Waals surface area contributed by atoms with E-state index in [9.17, 15) is 9.90 Å². The summed E-state index contributed by atoms with van der Waals surface area (Å²) in [7, 11) is 0. The van der Waals surface area contributed by atoms with Gasteiger partial charge in [0.15, 0.2) is 0 Å². The number of aliphatic hydroxyl groups excluding tert-OH is 1. The van der Waals surface area contributed by atoms with Gasteiger partial charge in [0.1, 0.15) is 11.9 Å². The van der Waals surface area contributed by atoms with Crippen molar-refractivity contribution in [1.29, 1.82) is 0 Å². The first-order valence-electron chi connectivity index (χ1n) is 11.6. The molecule has 0 radical (unpaired) electrons. The minimum Gasteiger partial charge on any atom is -0.390 e. The number of aliphatic hydroxyl groups is 1. The molecule has 0 unspecified atom stereocenters. The molecule has 1 aromatic carbocycles. The molecule has 1 aliphatic carbocycles. The van der Waals surface area contributed by atoms with Crippen LogP contribution >= 0.6 is 0 Å². The van der Waals surface area contributed by atoms with E-state index >= 15 is 0 Å². The number of nitrogens with one attached hydrogen (secondary N) is 1. The molecule has 1 saturated heterocycles.